The summed E-state index contributed by atoms with van der Waals surface area (Å²) in [5.74, 6) is -0.373. The molecule has 7 heteroatoms. The molecule has 1 saturated heterocycles. The zero-order valence-electron chi connectivity index (χ0n) is 9.41. The molecular formula is C11H12N2O5. The zero-order chi connectivity index (χ0) is 13.0. The molecule has 0 bridgehead atoms. The molecule has 1 aliphatic rings. The van der Waals surface area contributed by atoms with Crippen LogP contribution < -0.4 is 10.2 Å². The van der Waals surface area contributed by atoms with Crippen molar-refractivity contribution in [2.75, 3.05) is 13.2 Å². The zero-order valence-corrected chi connectivity index (χ0v) is 9.41. The van der Waals surface area contributed by atoms with Gasteiger partial charge >= 0.3 is 6.09 Å². The number of carbonyl (C=O) groups is 2. The summed E-state index contributed by atoms with van der Waals surface area (Å²) < 4.78 is 9.63. The van der Waals surface area contributed by atoms with Crippen molar-refractivity contribution in [1.29, 1.82) is 0 Å². The number of aliphatic hydroxyl groups excluding tert-OH is 1. The molecule has 1 atom stereocenters. The summed E-state index contributed by atoms with van der Waals surface area (Å²) in [6.07, 6.45) is -2.35. The third kappa shape index (κ3) is 2.96. The molecule has 0 spiro atoms. The Bertz CT molecular complexity index is 436. The van der Waals surface area contributed by atoms with Crippen molar-refractivity contribution in [3.05, 3.63) is 30.3 Å². The summed E-state index contributed by atoms with van der Waals surface area (Å²) in [6, 6.07) is 8.43. The van der Waals surface area contributed by atoms with Gasteiger partial charge in [-0.1, -0.05) is 18.2 Å². The van der Waals surface area contributed by atoms with Crippen molar-refractivity contribution >= 4 is 12.0 Å². The van der Waals surface area contributed by atoms with Gasteiger partial charge in [0.25, 0.3) is 5.91 Å². The Kier molecular flexibility index (Phi) is 3.75. The molecule has 1 aromatic rings. The molecule has 0 saturated carbocycles. The number of benzene rings is 1. The first-order valence-corrected chi connectivity index (χ1v) is 5.31. The van der Waals surface area contributed by atoms with Crippen molar-refractivity contribution in [2.45, 2.75) is 6.29 Å². The molecule has 0 aromatic heterocycles. The predicted octanol–water partition coefficient (Wildman–Crippen LogP) is -0.133. The largest absolute Gasteiger partial charge is 0.431 e. The number of para-hydroxylation sites is 1. The molecule has 0 aliphatic carbocycles. The van der Waals surface area contributed by atoms with Crippen LogP contribution in [0.2, 0.25) is 0 Å². The third-order valence-electron chi connectivity index (χ3n) is 2.25. The highest BCUT2D eigenvalue weighted by Gasteiger charge is 2.29. The summed E-state index contributed by atoms with van der Waals surface area (Å²) in [4.78, 5) is 22.9. The fourth-order valence-electron chi connectivity index (χ4n) is 1.41. The predicted molar refractivity (Wildman–Crippen MR) is 59.3 cm³/mol. The van der Waals surface area contributed by atoms with Gasteiger partial charge in [0, 0.05) is 0 Å². The normalized spacial score (nSPS) is 19.5. The summed E-state index contributed by atoms with van der Waals surface area (Å²) >= 11 is 0. The average Bonchev–Trinajstić information content (AvgIpc) is 2.36. The smallest absolute Gasteiger partial charge is 0.409 e. The van der Waals surface area contributed by atoms with E-state index in [2.05, 4.69) is 5.43 Å². The lowest BCUT2D eigenvalue weighted by Gasteiger charge is -2.29. The van der Waals surface area contributed by atoms with E-state index in [1.807, 2.05) is 0 Å². The molecule has 2 N–H and O–H groups in total. The minimum atomic E-state index is -1.55. The van der Waals surface area contributed by atoms with E-state index in [-0.39, 0.29) is 13.2 Å². The van der Waals surface area contributed by atoms with E-state index >= 15 is 0 Å². The van der Waals surface area contributed by atoms with Gasteiger partial charge in [0.1, 0.15) is 5.75 Å². The molecule has 18 heavy (non-hydrogen) atoms. The number of nitrogens with one attached hydrogen (secondary N) is 1. The van der Waals surface area contributed by atoms with E-state index in [9.17, 15) is 9.59 Å². The fourth-order valence-corrected chi connectivity index (χ4v) is 1.41. The molecule has 0 radical (unpaired) electrons. The minimum Gasteiger partial charge on any atom is -0.409 e. The Morgan fingerprint density at radius 2 is 2.17 bits per heavy atom. The van der Waals surface area contributed by atoms with Crippen LogP contribution in [-0.4, -0.2) is 41.6 Å². The average molecular weight is 252 g/mol. The second kappa shape index (κ2) is 5.48. The van der Waals surface area contributed by atoms with E-state index < -0.39 is 18.3 Å². The Morgan fingerprint density at radius 3 is 2.89 bits per heavy atom. The van der Waals surface area contributed by atoms with Crippen molar-refractivity contribution in [2.24, 2.45) is 0 Å². The number of hydrogen-bond donors (Lipinski definition) is 2. The van der Waals surface area contributed by atoms with Crippen LogP contribution in [0.3, 0.4) is 0 Å². The van der Waals surface area contributed by atoms with E-state index in [0.29, 0.717) is 5.75 Å². The topological polar surface area (TPSA) is 88.1 Å². The summed E-state index contributed by atoms with van der Waals surface area (Å²) in [5.41, 5.74) is 2.23. The number of hydrazine groups is 1. The molecule has 1 heterocycles. The molecule has 2 amide bonds. The number of ether oxygens (including phenoxy) is 2. The van der Waals surface area contributed by atoms with Crippen LogP contribution >= 0.6 is 0 Å². The van der Waals surface area contributed by atoms with Crippen molar-refractivity contribution in [3.63, 3.8) is 0 Å². The van der Waals surface area contributed by atoms with E-state index in [1.54, 1.807) is 30.3 Å². The van der Waals surface area contributed by atoms with Crippen LogP contribution in [-0.2, 0) is 9.53 Å². The van der Waals surface area contributed by atoms with E-state index in [0.717, 1.165) is 5.01 Å². The lowest BCUT2D eigenvalue weighted by atomic mass is 10.3. The first kappa shape index (κ1) is 12.3. The fraction of sp³-hybridized carbons (Fsp3) is 0.273. The van der Waals surface area contributed by atoms with Gasteiger partial charge in [0.15, 0.2) is 0 Å². The van der Waals surface area contributed by atoms with Crippen LogP contribution in [0.25, 0.3) is 0 Å². The Hall–Kier alpha value is -2.12. The van der Waals surface area contributed by atoms with E-state index in [4.69, 9.17) is 14.6 Å². The monoisotopic (exact) mass is 252 g/mol. The van der Waals surface area contributed by atoms with Gasteiger partial charge in [0.2, 0.25) is 6.29 Å². The highest BCUT2D eigenvalue weighted by atomic mass is 16.6. The van der Waals surface area contributed by atoms with Crippen LogP contribution in [0.15, 0.2) is 30.3 Å². The van der Waals surface area contributed by atoms with Crippen LogP contribution in [0.4, 0.5) is 4.79 Å². The standard InChI is InChI=1S/C11H12N2O5/c14-9-10(15)17-7-6-13(9)12-11(16)18-8-4-2-1-3-5-8/h1-5,10,15H,6-7H2,(H,12,16). The van der Waals surface area contributed by atoms with Crippen LogP contribution in [0.1, 0.15) is 0 Å². The number of nitrogens with zero attached hydrogens (tertiary/aromatic N) is 1. The molecule has 2 rings (SSSR count). The lowest BCUT2D eigenvalue weighted by Crippen LogP contribution is -2.56. The maximum absolute atomic E-state index is 11.5. The van der Waals surface area contributed by atoms with Crippen molar-refractivity contribution in [3.8, 4) is 5.75 Å². The summed E-state index contributed by atoms with van der Waals surface area (Å²) in [5, 5.41) is 10.1. The van der Waals surface area contributed by atoms with Crippen LogP contribution in [0, 0.1) is 0 Å². The Balaban J connectivity index is 1.89. The molecule has 96 valence electrons. The summed E-state index contributed by atoms with van der Waals surface area (Å²) in [6.45, 7) is 0.290. The van der Waals surface area contributed by atoms with Gasteiger partial charge in [-0.3, -0.25) is 4.79 Å². The molecule has 1 fully saturated rings. The highest BCUT2D eigenvalue weighted by molar-refractivity contribution is 5.82. The van der Waals surface area contributed by atoms with Gasteiger partial charge in [-0.25, -0.2) is 15.2 Å². The number of carbonyl (C=O) groups excluding carboxylic acids is 2. The van der Waals surface area contributed by atoms with Gasteiger partial charge in [0.05, 0.1) is 13.2 Å². The van der Waals surface area contributed by atoms with Gasteiger partial charge in [-0.2, -0.15) is 0 Å². The van der Waals surface area contributed by atoms with Crippen molar-refractivity contribution in [1.82, 2.24) is 10.4 Å². The maximum Gasteiger partial charge on any atom is 0.431 e. The number of aliphatic hydroxyl groups is 1. The number of morpholine rings is 1. The second-order valence-electron chi connectivity index (χ2n) is 3.53. The molecule has 1 unspecified atom stereocenters. The van der Waals surface area contributed by atoms with Gasteiger partial charge < -0.3 is 14.6 Å². The molecule has 7 nitrogen and oxygen atoms in total. The molecular weight excluding hydrogens is 240 g/mol. The number of hydrogen-bond acceptors (Lipinski definition) is 5. The summed E-state index contributed by atoms with van der Waals surface area (Å²) in [7, 11) is 0. The first-order valence-electron chi connectivity index (χ1n) is 5.31. The number of rotatable bonds is 2. The maximum atomic E-state index is 11.5. The quantitative estimate of drug-likeness (QED) is 0.765. The van der Waals surface area contributed by atoms with Crippen LogP contribution in [0.5, 0.6) is 5.75 Å². The van der Waals surface area contributed by atoms with E-state index in [1.165, 1.54) is 0 Å². The lowest BCUT2D eigenvalue weighted by molar-refractivity contribution is -0.186. The second-order valence-corrected chi connectivity index (χ2v) is 3.53. The van der Waals surface area contributed by atoms with Gasteiger partial charge in [-0.15, -0.1) is 0 Å². The Labute approximate surface area is 103 Å². The first-order chi connectivity index (χ1) is 8.66. The third-order valence-corrected chi connectivity index (χ3v) is 2.25. The molecule has 1 aliphatic heterocycles. The SMILES string of the molecule is O=C(NN1CCOC(O)C1=O)Oc1ccccc1. The highest BCUT2D eigenvalue weighted by Crippen LogP contribution is 2.09. The van der Waals surface area contributed by atoms with Crippen molar-refractivity contribution < 1.29 is 24.2 Å². The molecule has 1 aromatic carbocycles. The van der Waals surface area contributed by atoms with Gasteiger partial charge in [-0.05, 0) is 12.1 Å². The Morgan fingerprint density at radius 1 is 1.44 bits per heavy atom. The minimum absolute atomic E-state index is 0.137. The number of amides is 2.